The largest absolute Gasteiger partial charge is 0.508 e. The number of aryl methyl sites for hydroxylation is 1. The lowest BCUT2D eigenvalue weighted by Crippen LogP contribution is -2.42. The van der Waals surface area contributed by atoms with Crippen LogP contribution in [-0.2, 0) is 17.8 Å². The second kappa shape index (κ2) is 4.82. The average molecular weight is 300 g/mol. The number of phenols is 1. The lowest BCUT2D eigenvalue weighted by molar-refractivity contribution is -0.129. The Morgan fingerprint density at radius 2 is 2.05 bits per heavy atom. The zero-order valence-electron chi connectivity index (χ0n) is 13.1. The van der Waals surface area contributed by atoms with Crippen LogP contribution in [0.1, 0.15) is 61.6 Å². The number of aliphatic hydroxyl groups excluding tert-OH is 1. The summed E-state index contributed by atoms with van der Waals surface area (Å²) < 4.78 is 0. The highest BCUT2D eigenvalue weighted by molar-refractivity contribution is 5.87. The molecule has 2 saturated carbocycles. The van der Waals surface area contributed by atoms with Gasteiger partial charge in [-0.1, -0.05) is 6.92 Å². The summed E-state index contributed by atoms with van der Waals surface area (Å²) in [7, 11) is 0. The van der Waals surface area contributed by atoms with E-state index in [0.717, 1.165) is 38.5 Å². The third kappa shape index (κ3) is 1.81. The molecule has 0 aliphatic heterocycles. The van der Waals surface area contributed by atoms with Crippen molar-refractivity contribution in [2.45, 2.75) is 58.0 Å². The molecule has 0 aromatic heterocycles. The molecule has 3 aliphatic rings. The van der Waals surface area contributed by atoms with Crippen LogP contribution in [0.4, 0.5) is 0 Å². The highest BCUT2D eigenvalue weighted by atomic mass is 16.3. The summed E-state index contributed by atoms with van der Waals surface area (Å²) >= 11 is 0. The van der Waals surface area contributed by atoms with Crippen LogP contribution in [0.15, 0.2) is 12.1 Å². The van der Waals surface area contributed by atoms with Crippen LogP contribution in [0.5, 0.6) is 5.75 Å². The number of benzene rings is 1. The summed E-state index contributed by atoms with van der Waals surface area (Å²) in [6.07, 6.45) is 5.98. The van der Waals surface area contributed by atoms with E-state index in [0.29, 0.717) is 29.1 Å². The van der Waals surface area contributed by atoms with Gasteiger partial charge in [-0.15, -0.1) is 0 Å². The first-order chi connectivity index (χ1) is 10.5. The highest BCUT2D eigenvalue weighted by Gasteiger charge is 2.54. The van der Waals surface area contributed by atoms with Crippen LogP contribution in [0.2, 0.25) is 0 Å². The molecule has 1 aromatic rings. The standard InChI is InChI=1S/C19H24O3/c1-19-7-6-13-14(16(19)4-5-18(19)22)3-2-11-9-17(21)12(10-20)8-15(11)13/h8-9,13-14,16,20-21H,2-7,10H2,1H3/t13?,14?,16?,19-/m0/s1. The number of rotatable bonds is 1. The summed E-state index contributed by atoms with van der Waals surface area (Å²) in [5, 5.41) is 19.4. The molecule has 118 valence electrons. The number of Topliss-reactive ketones (excluding diaryl/α,β-unsaturated/α-hetero) is 1. The van der Waals surface area contributed by atoms with Crippen molar-refractivity contribution in [2.24, 2.45) is 17.3 Å². The van der Waals surface area contributed by atoms with Crippen molar-refractivity contribution in [3.05, 3.63) is 28.8 Å². The van der Waals surface area contributed by atoms with Crippen LogP contribution >= 0.6 is 0 Å². The fraction of sp³-hybridized carbons (Fsp3) is 0.632. The number of aliphatic hydroxyl groups is 1. The Morgan fingerprint density at radius 3 is 2.82 bits per heavy atom. The molecular weight excluding hydrogens is 276 g/mol. The minimum Gasteiger partial charge on any atom is -0.508 e. The lowest BCUT2D eigenvalue weighted by Gasteiger charge is -2.48. The fourth-order valence-corrected chi connectivity index (χ4v) is 5.55. The summed E-state index contributed by atoms with van der Waals surface area (Å²) in [6, 6.07) is 3.87. The topological polar surface area (TPSA) is 57.5 Å². The Kier molecular flexibility index (Phi) is 3.12. The van der Waals surface area contributed by atoms with Crippen molar-refractivity contribution >= 4 is 5.78 Å². The minimum absolute atomic E-state index is 0.0879. The van der Waals surface area contributed by atoms with Gasteiger partial charge in [-0.2, -0.15) is 0 Å². The van der Waals surface area contributed by atoms with Crippen molar-refractivity contribution in [1.29, 1.82) is 0 Å². The molecule has 3 aliphatic carbocycles. The van der Waals surface area contributed by atoms with Crippen molar-refractivity contribution in [2.75, 3.05) is 0 Å². The van der Waals surface area contributed by atoms with Gasteiger partial charge < -0.3 is 10.2 Å². The lowest BCUT2D eigenvalue weighted by atomic mass is 9.55. The molecule has 22 heavy (non-hydrogen) atoms. The predicted octanol–water partition coefficient (Wildman–Crippen LogP) is 3.31. The number of hydrogen-bond acceptors (Lipinski definition) is 3. The number of aromatic hydroxyl groups is 1. The first-order valence-corrected chi connectivity index (χ1v) is 8.53. The molecule has 0 bridgehead atoms. The van der Waals surface area contributed by atoms with E-state index in [1.54, 1.807) is 0 Å². The highest BCUT2D eigenvalue weighted by Crippen LogP contribution is 2.59. The Bertz CT molecular complexity index is 636. The molecule has 3 unspecified atom stereocenters. The van der Waals surface area contributed by atoms with Crippen LogP contribution in [0.25, 0.3) is 0 Å². The van der Waals surface area contributed by atoms with Gasteiger partial charge in [0.05, 0.1) is 6.61 Å². The maximum Gasteiger partial charge on any atom is 0.139 e. The molecule has 1 aromatic carbocycles. The van der Waals surface area contributed by atoms with Gasteiger partial charge in [0.15, 0.2) is 0 Å². The van der Waals surface area contributed by atoms with Crippen LogP contribution in [0.3, 0.4) is 0 Å². The summed E-state index contributed by atoms with van der Waals surface area (Å²) in [4.78, 5) is 12.3. The predicted molar refractivity (Wildman–Crippen MR) is 83.7 cm³/mol. The third-order valence-corrected chi connectivity index (χ3v) is 6.80. The van der Waals surface area contributed by atoms with Crippen LogP contribution in [0, 0.1) is 17.3 Å². The van der Waals surface area contributed by atoms with Gasteiger partial charge in [0.2, 0.25) is 0 Å². The van der Waals surface area contributed by atoms with Crippen LogP contribution < -0.4 is 0 Å². The Labute approximate surface area is 131 Å². The normalized spacial score (nSPS) is 36.6. The van der Waals surface area contributed by atoms with Crippen LogP contribution in [-0.4, -0.2) is 16.0 Å². The summed E-state index contributed by atoms with van der Waals surface area (Å²) in [5.74, 6) is 2.31. The molecule has 0 radical (unpaired) electrons. The Balaban J connectivity index is 1.74. The number of carbonyl (C=O) groups is 1. The van der Waals surface area contributed by atoms with Crippen molar-refractivity contribution < 1.29 is 15.0 Å². The second-order valence-corrected chi connectivity index (χ2v) is 7.67. The van der Waals surface area contributed by atoms with Gasteiger partial charge in [0, 0.05) is 17.4 Å². The van der Waals surface area contributed by atoms with Gasteiger partial charge in [-0.05, 0) is 73.1 Å². The molecule has 0 saturated heterocycles. The van der Waals surface area contributed by atoms with Crippen molar-refractivity contribution in [3.63, 3.8) is 0 Å². The van der Waals surface area contributed by atoms with E-state index in [9.17, 15) is 15.0 Å². The molecule has 0 amide bonds. The van der Waals surface area contributed by atoms with Crippen molar-refractivity contribution in [1.82, 2.24) is 0 Å². The molecule has 0 heterocycles. The molecule has 0 spiro atoms. The molecular formula is C19H24O3. The summed E-state index contributed by atoms with van der Waals surface area (Å²) in [5.41, 5.74) is 3.11. The molecule has 3 nitrogen and oxygen atoms in total. The first-order valence-electron chi connectivity index (χ1n) is 8.53. The fourth-order valence-electron chi connectivity index (χ4n) is 5.55. The number of hydrogen-bond donors (Lipinski definition) is 2. The van der Waals surface area contributed by atoms with Gasteiger partial charge >= 0.3 is 0 Å². The van der Waals surface area contributed by atoms with E-state index in [2.05, 4.69) is 6.92 Å². The van der Waals surface area contributed by atoms with E-state index in [1.165, 1.54) is 11.1 Å². The van der Waals surface area contributed by atoms with E-state index in [4.69, 9.17) is 0 Å². The average Bonchev–Trinajstić information content (AvgIpc) is 2.82. The maximum absolute atomic E-state index is 12.3. The SMILES string of the molecule is C[C@]12CCC3c4cc(CO)c(O)cc4CCC3C1CCC2=O. The third-order valence-electron chi connectivity index (χ3n) is 6.80. The Hall–Kier alpha value is -1.35. The number of carbonyl (C=O) groups excluding carboxylic acids is 1. The number of ketones is 1. The minimum atomic E-state index is -0.115. The molecule has 2 fully saturated rings. The van der Waals surface area contributed by atoms with Gasteiger partial charge in [0.1, 0.15) is 11.5 Å². The van der Waals surface area contributed by atoms with Gasteiger partial charge in [-0.3, -0.25) is 4.79 Å². The summed E-state index contributed by atoms with van der Waals surface area (Å²) in [6.45, 7) is 2.07. The molecule has 4 rings (SSSR count). The Morgan fingerprint density at radius 1 is 1.23 bits per heavy atom. The smallest absolute Gasteiger partial charge is 0.139 e. The quantitative estimate of drug-likeness (QED) is 0.836. The van der Waals surface area contributed by atoms with E-state index < -0.39 is 0 Å². The maximum atomic E-state index is 12.3. The van der Waals surface area contributed by atoms with E-state index in [1.807, 2.05) is 12.1 Å². The molecule has 4 atom stereocenters. The van der Waals surface area contributed by atoms with Crippen molar-refractivity contribution in [3.8, 4) is 5.75 Å². The zero-order valence-corrected chi connectivity index (χ0v) is 13.1. The molecule has 3 heteroatoms. The second-order valence-electron chi connectivity index (χ2n) is 7.67. The zero-order chi connectivity index (χ0) is 15.5. The van der Waals surface area contributed by atoms with Gasteiger partial charge in [-0.25, -0.2) is 0 Å². The van der Waals surface area contributed by atoms with E-state index >= 15 is 0 Å². The monoisotopic (exact) mass is 300 g/mol. The first kappa shape index (κ1) is 14.3. The number of fused-ring (bicyclic) bond motifs is 5. The van der Waals surface area contributed by atoms with Gasteiger partial charge in [0.25, 0.3) is 0 Å². The molecule has 2 N–H and O–H groups in total. The van der Waals surface area contributed by atoms with E-state index in [-0.39, 0.29) is 17.8 Å².